The number of halogens is 2. The minimum Gasteiger partial charge on any atom is -0.461 e. The van der Waals surface area contributed by atoms with E-state index in [9.17, 15) is 4.79 Å². The van der Waals surface area contributed by atoms with Gasteiger partial charge in [-0.25, -0.2) is 0 Å². The maximum Gasteiger partial charge on any atom is 0.310 e. The molecule has 0 bridgehead atoms. The molecule has 1 fully saturated rings. The largest absolute Gasteiger partial charge is 0.461 e. The lowest BCUT2D eigenvalue weighted by Gasteiger charge is -2.05. The second kappa shape index (κ2) is 5.80. The van der Waals surface area contributed by atoms with Crippen molar-refractivity contribution >= 4 is 37.8 Å². The van der Waals surface area contributed by atoms with Gasteiger partial charge in [0, 0.05) is 0 Å². The van der Waals surface area contributed by atoms with Gasteiger partial charge in [0.25, 0.3) is 0 Å². The van der Waals surface area contributed by atoms with Gasteiger partial charge < -0.3 is 4.74 Å². The Morgan fingerprint density at radius 2 is 1.95 bits per heavy atom. The molecule has 1 saturated carbocycles. The number of allylic oxidation sites excluding steroid dienone is 1. The minimum absolute atomic E-state index is 0.0272. The van der Waals surface area contributed by atoms with Crippen LogP contribution in [-0.4, -0.2) is 5.97 Å². The van der Waals surface area contributed by atoms with Gasteiger partial charge in [0.1, 0.15) is 6.61 Å². The number of rotatable bonds is 4. The fourth-order valence-electron chi connectivity index (χ4n) is 2.39. The molecule has 0 aromatic heterocycles. The average molecular weight is 388 g/mol. The molecule has 4 heteroatoms. The molecule has 0 heterocycles. The van der Waals surface area contributed by atoms with Crippen molar-refractivity contribution in [1.82, 2.24) is 0 Å². The summed E-state index contributed by atoms with van der Waals surface area (Å²) in [6, 6.07) is 9.74. The molecule has 1 aromatic rings. The van der Waals surface area contributed by atoms with Gasteiger partial charge in [-0.1, -0.05) is 50.3 Å². The van der Waals surface area contributed by atoms with E-state index >= 15 is 0 Å². The van der Waals surface area contributed by atoms with Crippen LogP contribution < -0.4 is 0 Å². The molecule has 0 aliphatic heterocycles. The minimum atomic E-state index is -0.114. The number of hydrogen-bond acceptors (Lipinski definition) is 2. The summed E-state index contributed by atoms with van der Waals surface area (Å²) in [4.78, 5) is 12.1. The van der Waals surface area contributed by atoms with Crippen LogP contribution >= 0.6 is 31.9 Å². The fourth-order valence-corrected chi connectivity index (χ4v) is 2.96. The Kier molecular flexibility index (Phi) is 4.51. The predicted molar refractivity (Wildman–Crippen MR) is 82.9 cm³/mol. The highest BCUT2D eigenvalue weighted by Crippen LogP contribution is 2.60. The molecule has 102 valence electrons. The van der Waals surface area contributed by atoms with Crippen molar-refractivity contribution in [3.05, 3.63) is 45.4 Å². The Hall–Kier alpha value is -0.610. The molecular formula is C15H16Br2O2. The van der Waals surface area contributed by atoms with Crippen LogP contribution in [0.25, 0.3) is 0 Å². The fraction of sp³-hybridized carbons (Fsp3) is 0.400. The van der Waals surface area contributed by atoms with Gasteiger partial charge in [0.05, 0.1) is 9.31 Å². The highest BCUT2D eigenvalue weighted by Gasteiger charge is 2.61. The van der Waals surface area contributed by atoms with E-state index in [0.717, 1.165) is 8.96 Å². The third kappa shape index (κ3) is 3.48. The summed E-state index contributed by atoms with van der Waals surface area (Å²) < 4.78 is 6.29. The zero-order valence-corrected chi connectivity index (χ0v) is 14.1. The number of carbonyl (C=O) groups excluding carboxylic acids is 1. The van der Waals surface area contributed by atoms with Crippen LogP contribution in [-0.2, 0) is 16.1 Å². The van der Waals surface area contributed by atoms with Crippen LogP contribution in [0.3, 0.4) is 0 Å². The van der Waals surface area contributed by atoms with Crippen molar-refractivity contribution in [2.75, 3.05) is 0 Å². The Bertz CT molecular complexity index is 490. The molecule has 2 nitrogen and oxygen atoms in total. The molecule has 1 aliphatic rings. The van der Waals surface area contributed by atoms with E-state index in [0.29, 0.717) is 6.61 Å². The van der Waals surface area contributed by atoms with Gasteiger partial charge in [0.15, 0.2) is 0 Å². The predicted octanol–water partition coefficient (Wildman–Crippen LogP) is 4.63. The second-order valence-corrected chi connectivity index (χ2v) is 8.15. The van der Waals surface area contributed by atoms with Crippen molar-refractivity contribution in [3.63, 3.8) is 0 Å². The summed E-state index contributed by atoms with van der Waals surface area (Å²) in [6.45, 7) is 4.52. The summed E-state index contributed by atoms with van der Waals surface area (Å²) in [6.07, 6.45) is 2.02. The third-order valence-electron chi connectivity index (χ3n) is 3.69. The number of ether oxygens (including phenoxy) is 1. The molecule has 0 unspecified atom stereocenters. The molecule has 0 spiro atoms. The van der Waals surface area contributed by atoms with E-state index in [1.165, 1.54) is 0 Å². The SMILES string of the molecule is CC1(C)[C@H](C=C(Br)Br)[C@@H]1C(=O)OCc1ccccc1. The topological polar surface area (TPSA) is 26.3 Å². The van der Waals surface area contributed by atoms with E-state index in [4.69, 9.17) is 4.74 Å². The molecule has 1 aromatic carbocycles. The quantitative estimate of drug-likeness (QED) is 0.703. The Balaban J connectivity index is 1.93. The van der Waals surface area contributed by atoms with E-state index in [-0.39, 0.29) is 23.2 Å². The molecule has 2 atom stereocenters. The van der Waals surface area contributed by atoms with Gasteiger partial charge in [-0.15, -0.1) is 0 Å². The van der Waals surface area contributed by atoms with E-state index in [2.05, 4.69) is 45.7 Å². The average Bonchev–Trinajstić information content (AvgIpc) is 2.88. The summed E-state index contributed by atoms with van der Waals surface area (Å²) >= 11 is 6.69. The number of carbonyl (C=O) groups is 1. The van der Waals surface area contributed by atoms with Crippen LogP contribution in [0.5, 0.6) is 0 Å². The number of benzene rings is 1. The smallest absolute Gasteiger partial charge is 0.310 e. The lowest BCUT2D eigenvalue weighted by Crippen LogP contribution is -2.10. The van der Waals surface area contributed by atoms with Crippen molar-refractivity contribution in [1.29, 1.82) is 0 Å². The molecular weight excluding hydrogens is 372 g/mol. The Labute approximate surface area is 130 Å². The summed E-state index contributed by atoms with van der Waals surface area (Å²) in [7, 11) is 0. The summed E-state index contributed by atoms with van der Waals surface area (Å²) in [5.74, 6) is 0.0576. The monoisotopic (exact) mass is 386 g/mol. The van der Waals surface area contributed by atoms with Crippen LogP contribution in [0.4, 0.5) is 0 Å². The van der Waals surface area contributed by atoms with Crippen molar-refractivity contribution in [2.24, 2.45) is 17.3 Å². The van der Waals surface area contributed by atoms with Gasteiger partial charge in [-0.3, -0.25) is 4.79 Å². The molecule has 0 radical (unpaired) electrons. The second-order valence-electron chi connectivity index (χ2n) is 5.37. The Morgan fingerprint density at radius 3 is 2.53 bits per heavy atom. The molecule has 0 amide bonds. The Morgan fingerprint density at radius 1 is 1.32 bits per heavy atom. The zero-order chi connectivity index (χ0) is 14.0. The van der Waals surface area contributed by atoms with Gasteiger partial charge in [-0.2, -0.15) is 0 Å². The molecule has 0 saturated heterocycles. The zero-order valence-electron chi connectivity index (χ0n) is 10.9. The summed E-state index contributed by atoms with van der Waals surface area (Å²) in [5.41, 5.74) is 0.990. The van der Waals surface area contributed by atoms with Crippen LogP contribution in [0.1, 0.15) is 19.4 Å². The van der Waals surface area contributed by atoms with Crippen molar-refractivity contribution in [2.45, 2.75) is 20.5 Å². The normalized spacial score (nSPS) is 23.6. The van der Waals surface area contributed by atoms with Gasteiger partial charge in [0.2, 0.25) is 0 Å². The van der Waals surface area contributed by atoms with Gasteiger partial charge in [-0.05, 0) is 48.8 Å². The summed E-state index contributed by atoms with van der Waals surface area (Å²) in [5, 5.41) is 0. The van der Waals surface area contributed by atoms with Crippen molar-refractivity contribution in [3.8, 4) is 0 Å². The third-order valence-corrected chi connectivity index (χ3v) is 4.22. The van der Waals surface area contributed by atoms with Crippen LogP contribution in [0, 0.1) is 17.3 Å². The molecule has 0 N–H and O–H groups in total. The first-order chi connectivity index (χ1) is 8.93. The maximum absolute atomic E-state index is 12.1. The van der Waals surface area contributed by atoms with Crippen LogP contribution in [0.15, 0.2) is 39.8 Å². The van der Waals surface area contributed by atoms with Crippen molar-refractivity contribution < 1.29 is 9.53 Å². The van der Waals surface area contributed by atoms with Gasteiger partial charge >= 0.3 is 5.97 Å². The highest BCUT2D eigenvalue weighted by molar-refractivity contribution is 9.28. The van der Waals surface area contributed by atoms with Crippen LogP contribution in [0.2, 0.25) is 0 Å². The molecule has 1 aliphatic carbocycles. The number of hydrogen-bond donors (Lipinski definition) is 0. The first-order valence-electron chi connectivity index (χ1n) is 6.16. The lowest BCUT2D eigenvalue weighted by atomic mass is 10.1. The van der Waals surface area contributed by atoms with E-state index in [1.54, 1.807) is 0 Å². The first kappa shape index (κ1) is 14.8. The standard InChI is InChI=1S/C15H16Br2O2/c1-15(2)11(8-12(16)17)13(15)14(18)19-9-10-6-4-3-5-7-10/h3-8,11,13H,9H2,1-2H3/t11-,13-/m1/s1. The molecule has 19 heavy (non-hydrogen) atoms. The maximum atomic E-state index is 12.1. The first-order valence-corrected chi connectivity index (χ1v) is 7.75. The lowest BCUT2D eigenvalue weighted by molar-refractivity contribution is -0.147. The van der Waals surface area contributed by atoms with E-state index in [1.807, 2.05) is 36.4 Å². The number of esters is 1. The molecule has 2 rings (SSSR count). The van der Waals surface area contributed by atoms with E-state index < -0.39 is 0 Å². The highest BCUT2D eigenvalue weighted by atomic mass is 79.9.